The zero-order chi connectivity index (χ0) is 22.7. The van der Waals surface area contributed by atoms with Gasteiger partial charge >= 0.3 is 0 Å². The van der Waals surface area contributed by atoms with Gasteiger partial charge in [0.2, 0.25) is 15.9 Å². The number of sulfonamides is 1. The van der Waals surface area contributed by atoms with Crippen molar-refractivity contribution in [2.45, 2.75) is 63.3 Å². The van der Waals surface area contributed by atoms with Crippen molar-refractivity contribution in [3.63, 3.8) is 0 Å². The van der Waals surface area contributed by atoms with Gasteiger partial charge in [0, 0.05) is 25.0 Å². The summed E-state index contributed by atoms with van der Waals surface area (Å²) in [5.41, 5.74) is 0.315. The van der Waals surface area contributed by atoms with E-state index in [9.17, 15) is 13.2 Å². The maximum atomic E-state index is 13.4. The van der Waals surface area contributed by atoms with E-state index in [1.165, 1.54) is 17.0 Å². The second-order valence-electron chi connectivity index (χ2n) is 8.87. The summed E-state index contributed by atoms with van der Waals surface area (Å²) in [4.78, 5) is 12.8. The number of carbonyl (C=O) groups is 1. The molecule has 0 radical (unpaired) electrons. The number of furan rings is 1. The van der Waals surface area contributed by atoms with E-state index in [-0.39, 0.29) is 28.5 Å². The van der Waals surface area contributed by atoms with Crippen LogP contribution in [0.4, 0.5) is 0 Å². The van der Waals surface area contributed by atoms with E-state index in [4.69, 9.17) is 8.94 Å². The third-order valence-corrected chi connectivity index (χ3v) is 8.69. The molecule has 2 atom stereocenters. The molecule has 2 fully saturated rings. The number of aryl methyl sites for hydroxylation is 1. The van der Waals surface area contributed by atoms with E-state index in [2.05, 4.69) is 17.4 Å². The normalized spacial score (nSPS) is 23.6. The molecule has 2 aromatic rings. The van der Waals surface area contributed by atoms with Gasteiger partial charge in [0.1, 0.15) is 11.5 Å². The van der Waals surface area contributed by atoms with Crippen LogP contribution < -0.4 is 5.32 Å². The summed E-state index contributed by atoms with van der Waals surface area (Å²) >= 11 is 0. The number of nitrogens with one attached hydrogen (secondary N) is 1. The number of carbonyl (C=O) groups excluding carboxylic acids is 1. The first-order valence-electron chi connectivity index (χ1n) is 11.3. The Labute approximate surface area is 189 Å². The molecule has 3 heterocycles. The molecule has 4 rings (SSSR count). The van der Waals surface area contributed by atoms with Crippen LogP contribution in [0.5, 0.6) is 0 Å². The summed E-state index contributed by atoms with van der Waals surface area (Å²) < 4.78 is 38.7. The maximum Gasteiger partial charge on any atom is 0.248 e. The smallest absolute Gasteiger partial charge is 0.248 e. The summed E-state index contributed by atoms with van der Waals surface area (Å²) in [6, 6.07) is 3.75. The van der Waals surface area contributed by atoms with Gasteiger partial charge in [-0.2, -0.15) is 4.31 Å². The minimum atomic E-state index is -3.79. The van der Waals surface area contributed by atoms with Crippen LogP contribution in [0.1, 0.15) is 62.7 Å². The lowest BCUT2D eigenvalue weighted by Gasteiger charge is -2.34. The summed E-state index contributed by atoms with van der Waals surface area (Å²) in [7, 11) is -3.79. The van der Waals surface area contributed by atoms with Gasteiger partial charge in [-0.1, -0.05) is 24.9 Å². The highest BCUT2D eigenvalue weighted by molar-refractivity contribution is 7.89. The van der Waals surface area contributed by atoms with Gasteiger partial charge in [-0.05, 0) is 62.8 Å². The van der Waals surface area contributed by atoms with Crippen molar-refractivity contribution in [3.8, 4) is 0 Å². The molecule has 32 heavy (non-hydrogen) atoms. The number of piperidine rings is 1. The Morgan fingerprint density at radius 1 is 1.19 bits per heavy atom. The zero-order valence-electron chi connectivity index (χ0n) is 18.6. The van der Waals surface area contributed by atoms with Crippen LogP contribution in [0, 0.1) is 18.8 Å². The monoisotopic (exact) mass is 461 g/mol. The number of aromatic nitrogens is 1. The Bertz CT molecular complexity index is 1050. The third kappa shape index (κ3) is 4.83. The molecular formula is C23H31N3O5S. The molecule has 1 saturated carbocycles. The van der Waals surface area contributed by atoms with Crippen LogP contribution in [-0.4, -0.2) is 42.9 Å². The molecule has 2 aromatic heterocycles. The van der Waals surface area contributed by atoms with Crippen molar-refractivity contribution in [1.29, 1.82) is 0 Å². The molecule has 0 spiro atoms. The highest BCUT2D eigenvalue weighted by Crippen LogP contribution is 2.30. The topological polar surface area (TPSA) is 106 Å². The maximum absolute atomic E-state index is 13.4. The average molecular weight is 462 g/mol. The number of amides is 1. The Morgan fingerprint density at radius 2 is 1.94 bits per heavy atom. The van der Waals surface area contributed by atoms with Crippen molar-refractivity contribution in [2.24, 2.45) is 11.8 Å². The summed E-state index contributed by atoms with van der Waals surface area (Å²) in [5, 5.41) is 7.08. The first-order chi connectivity index (χ1) is 15.4. The minimum Gasteiger partial charge on any atom is -0.465 e. The Hall–Kier alpha value is -2.39. The fourth-order valence-electron chi connectivity index (χ4n) is 4.66. The lowest BCUT2D eigenvalue weighted by Crippen LogP contribution is -2.47. The minimum absolute atomic E-state index is 0.0593. The van der Waals surface area contributed by atoms with Crippen LogP contribution >= 0.6 is 0 Å². The molecule has 0 unspecified atom stereocenters. The largest absolute Gasteiger partial charge is 0.465 e. The number of nitrogens with zero attached hydrogens (tertiary/aromatic N) is 2. The second kappa shape index (κ2) is 9.62. The zero-order valence-corrected chi connectivity index (χ0v) is 19.4. The highest BCUT2D eigenvalue weighted by atomic mass is 32.2. The van der Waals surface area contributed by atoms with Crippen LogP contribution in [0.25, 0.3) is 12.2 Å². The van der Waals surface area contributed by atoms with Crippen molar-refractivity contribution in [2.75, 3.05) is 13.1 Å². The van der Waals surface area contributed by atoms with E-state index in [0.29, 0.717) is 43.3 Å². The highest BCUT2D eigenvalue weighted by Gasteiger charge is 2.36. The lowest BCUT2D eigenvalue weighted by molar-refractivity contribution is -0.127. The Morgan fingerprint density at radius 3 is 2.62 bits per heavy atom. The Kier molecular flexibility index (Phi) is 6.85. The molecule has 8 nitrogen and oxygen atoms in total. The number of hydrogen-bond donors (Lipinski definition) is 1. The molecule has 1 amide bonds. The van der Waals surface area contributed by atoms with Gasteiger partial charge in [0.15, 0.2) is 10.7 Å². The van der Waals surface area contributed by atoms with Gasteiger partial charge in [-0.15, -0.1) is 0 Å². The fourth-order valence-corrected chi connectivity index (χ4v) is 6.38. The predicted molar refractivity (Wildman–Crippen MR) is 120 cm³/mol. The molecule has 1 aliphatic heterocycles. The first kappa shape index (κ1) is 22.8. The average Bonchev–Trinajstić information content (AvgIpc) is 3.43. The van der Waals surface area contributed by atoms with Gasteiger partial charge in [-0.25, -0.2) is 8.42 Å². The molecule has 0 bridgehead atoms. The molecule has 2 aliphatic rings. The molecule has 0 aromatic carbocycles. The number of rotatable bonds is 6. The van der Waals surface area contributed by atoms with Gasteiger partial charge in [0.05, 0.1) is 6.26 Å². The molecule has 1 saturated heterocycles. The second-order valence-corrected chi connectivity index (χ2v) is 10.7. The van der Waals surface area contributed by atoms with Gasteiger partial charge in [0.25, 0.3) is 0 Å². The Balaban J connectivity index is 1.41. The summed E-state index contributed by atoms with van der Waals surface area (Å²) in [6.45, 7) is 4.41. The molecule has 9 heteroatoms. The molecule has 1 N–H and O–H groups in total. The van der Waals surface area contributed by atoms with Crippen molar-refractivity contribution >= 4 is 28.1 Å². The van der Waals surface area contributed by atoms with E-state index in [0.717, 1.165) is 19.3 Å². The van der Waals surface area contributed by atoms with Crippen molar-refractivity contribution < 1.29 is 22.2 Å². The molecule has 174 valence electrons. The quantitative estimate of drug-likeness (QED) is 0.701. The SMILES string of the molecule is Cc1noc(/C=C/c2ccco2)c1S(=O)(=O)N1CCC(C(=O)N[C@@H]2CCCC[C@@H]2C)CC1. The summed E-state index contributed by atoms with van der Waals surface area (Å²) in [6.07, 6.45) is 10.3. The fraction of sp³-hybridized carbons (Fsp3) is 0.565. The van der Waals surface area contributed by atoms with E-state index in [1.807, 2.05) is 0 Å². The lowest BCUT2D eigenvalue weighted by atomic mass is 9.85. The predicted octanol–water partition coefficient (Wildman–Crippen LogP) is 3.84. The van der Waals surface area contributed by atoms with Crippen molar-refractivity contribution in [1.82, 2.24) is 14.8 Å². The first-order valence-corrected chi connectivity index (χ1v) is 12.8. The number of hydrogen-bond acceptors (Lipinski definition) is 6. The summed E-state index contributed by atoms with van der Waals surface area (Å²) in [5.74, 6) is 1.16. The van der Waals surface area contributed by atoms with Crippen molar-refractivity contribution in [3.05, 3.63) is 35.6 Å². The molecular weight excluding hydrogens is 430 g/mol. The van der Waals surface area contributed by atoms with E-state index < -0.39 is 10.0 Å². The van der Waals surface area contributed by atoms with E-state index in [1.54, 1.807) is 31.2 Å². The van der Waals surface area contributed by atoms with E-state index >= 15 is 0 Å². The van der Waals surface area contributed by atoms with Crippen LogP contribution in [0.3, 0.4) is 0 Å². The third-order valence-electron chi connectivity index (χ3n) is 6.64. The van der Waals surface area contributed by atoms with Gasteiger partial charge < -0.3 is 14.3 Å². The molecule has 1 aliphatic carbocycles. The standard InChI is InChI=1S/C23H31N3O5S/c1-16-6-3-4-8-20(16)24-23(27)18-11-13-26(14-12-18)32(28,29)22-17(2)25-31-21(22)10-9-19-7-5-15-30-19/h5,7,9-10,15-16,18,20H,3-4,6,8,11-14H2,1-2H3,(H,24,27)/b10-9+/t16-,20+/m0/s1. The van der Waals surface area contributed by atoms with Crippen LogP contribution in [-0.2, 0) is 14.8 Å². The van der Waals surface area contributed by atoms with Crippen LogP contribution in [0.2, 0.25) is 0 Å². The van der Waals surface area contributed by atoms with Gasteiger partial charge in [-0.3, -0.25) is 4.79 Å². The van der Waals surface area contributed by atoms with Crippen LogP contribution in [0.15, 0.2) is 32.2 Å².